The maximum atomic E-state index is 15.1. The third-order valence-electron chi connectivity index (χ3n) is 10.7. The molecule has 0 aliphatic carbocycles. The average Bonchev–Trinajstić information content (AvgIpc) is 3.64. The van der Waals surface area contributed by atoms with Crippen molar-refractivity contribution < 1.29 is 4.39 Å². The molecule has 6 nitrogen and oxygen atoms in total. The molecule has 0 fully saturated rings. The summed E-state index contributed by atoms with van der Waals surface area (Å²) in [5.74, 6) is 1.22. The summed E-state index contributed by atoms with van der Waals surface area (Å²) in [6.07, 6.45) is 0. The van der Waals surface area contributed by atoms with Gasteiger partial charge in [0.25, 0.3) is 0 Å². The molecule has 0 aliphatic heterocycles. The van der Waals surface area contributed by atoms with Crippen LogP contribution in [0.2, 0.25) is 0 Å². The molecule has 0 unspecified atom stereocenters. The van der Waals surface area contributed by atoms with Crippen LogP contribution < -0.4 is 0 Å². The molecule has 0 bridgehead atoms. The molecule has 10 rings (SSSR count). The molecule has 60 heavy (non-hydrogen) atoms. The molecule has 10 aromatic rings. The predicted molar refractivity (Wildman–Crippen MR) is 236 cm³/mol. The Bertz CT molecular complexity index is 3190. The number of nitrogens with zero attached hydrogens (tertiary/aromatic N) is 6. The minimum atomic E-state index is -0.346. The van der Waals surface area contributed by atoms with Crippen LogP contribution in [0.5, 0.6) is 0 Å². The second kappa shape index (κ2) is 15.1. The average molecular weight is 771 g/mol. The van der Waals surface area contributed by atoms with Gasteiger partial charge in [-0.15, -0.1) is 0 Å². The van der Waals surface area contributed by atoms with Gasteiger partial charge in [0, 0.05) is 33.0 Å². The lowest BCUT2D eigenvalue weighted by Crippen LogP contribution is -2.02. The maximum Gasteiger partial charge on any atom is 0.164 e. The lowest BCUT2D eigenvalue weighted by molar-refractivity contribution is 0.628. The Morgan fingerprint density at radius 3 is 1.35 bits per heavy atom. The molecule has 8 aromatic carbocycles. The fraction of sp³-hybridized carbons (Fsp3) is 0. The third-order valence-corrected chi connectivity index (χ3v) is 10.7. The van der Waals surface area contributed by atoms with Gasteiger partial charge in [-0.1, -0.05) is 133 Å². The van der Waals surface area contributed by atoms with Gasteiger partial charge in [-0.2, -0.15) is 10.5 Å². The van der Waals surface area contributed by atoms with Crippen LogP contribution in [0.3, 0.4) is 0 Å². The van der Waals surface area contributed by atoms with Crippen LogP contribution in [0.25, 0.3) is 95.0 Å². The first-order valence-electron chi connectivity index (χ1n) is 19.4. The zero-order valence-electron chi connectivity index (χ0n) is 32.0. The lowest BCUT2D eigenvalue weighted by Gasteiger charge is -2.17. The van der Waals surface area contributed by atoms with Crippen LogP contribution in [-0.2, 0) is 0 Å². The van der Waals surface area contributed by atoms with Crippen molar-refractivity contribution in [2.75, 3.05) is 0 Å². The number of rotatable bonds is 7. The Labute approximate surface area is 345 Å². The minimum absolute atomic E-state index is 0.346. The maximum absolute atomic E-state index is 15.1. The van der Waals surface area contributed by atoms with E-state index in [2.05, 4.69) is 59.2 Å². The van der Waals surface area contributed by atoms with E-state index in [1.807, 2.05) is 115 Å². The van der Waals surface area contributed by atoms with Crippen molar-refractivity contribution in [2.45, 2.75) is 0 Å². The van der Waals surface area contributed by atoms with Crippen molar-refractivity contribution in [1.29, 1.82) is 10.5 Å². The Balaban J connectivity index is 1.28. The second-order valence-corrected chi connectivity index (χ2v) is 14.5. The van der Waals surface area contributed by atoms with Crippen LogP contribution in [0.1, 0.15) is 11.1 Å². The summed E-state index contributed by atoms with van der Waals surface area (Å²) in [5.41, 5.74) is 11.4. The van der Waals surface area contributed by atoms with E-state index in [1.54, 1.807) is 24.3 Å². The van der Waals surface area contributed by atoms with Crippen molar-refractivity contribution in [3.63, 3.8) is 0 Å². The van der Waals surface area contributed by atoms with Crippen LogP contribution in [-0.4, -0.2) is 19.5 Å². The number of halogens is 1. The van der Waals surface area contributed by atoms with Gasteiger partial charge in [0.2, 0.25) is 0 Å². The first kappa shape index (κ1) is 35.9. The van der Waals surface area contributed by atoms with Gasteiger partial charge in [-0.05, 0) is 82.4 Å². The first-order chi connectivity index (χ1) is 29.5. The molecule has 0 atom stereocenters. The summed E-state index contributed by atoms with van der Waals surface area (Å²) < 4.78 is 17.3. The summed E-state index contributed by atoms with van der Waals surface area (Å²) >= 11 is 0. The standard InChI is InChI=1S/C53H31FN6/c54-44-19-9-18-42(28-44)45-23-22-43(53-58-51(36-12-3-1-4-13-36)57-52(59-53)37-14-5-2-6-15-37)31-48(45)60-49-29-40(38-16-7-10-34(26-38)32-55)20-24-46(49)47-25-21-41(30-50(47)60)39-17-8-11-35(27-39)33-56/h1-31H. The molecule has 0 saturated heterocycles. The molecule has 2 aromatic heterocycles. The molecule has 2 heterocycles. The summed E-state index contributed by atoms with van der Waals surface area (Å²) in [5, 5.41) is 21.5. The number of fused-ring (bicyclic) bond motifs is 3. The van der Waals surface area contributed by atoms with Crippen LogP contribution in [0.4, 0.5) is 4.39 Å². The number of aromatic nitrogens is 4. The van der Waals surface area contributed by atoms with Gasteiger partial charge in [0.15, 0.2) is 17.5 Å². The predicted octanol–water partition coefficient (Wildman–Crippen LogP) is 12.9. The topological polar surface area (TPSA) is 91.2 Å². The van der Waals surface area contributed by atoms with E-state index in [9.17, 15) is 10.5 Å². The van der Waals surface area contributed by atoms with Crippen LogP contribution in [0.15, 0.2) is 188 Å². The number of benzene rings is 8. The second-order valence-electron chi connectivity index (χ2n) is 14.5. The van der Waals surface area contributed by atoms with Gasteiger partial charge >= 0.3 is 0 Å². The Morgan fingerprint density at radius 2 is 0.833 bits per heavy atom. The van der Waals surface area contributed by atoms with Crippen LogP contribution in [0, 0.1) is 28.5 Å². The zero-order chi connectivity index (χ0) is 40.6. The number of hydrogen-bond acceptors (Lipinski definition) is 5. The van der Waals surface area contributed by atoms with Gasteiger partial charge in [-0.25, -0.2) is 19.3 Å². The van der Waals surface area contributed by atoms with Gasteiger partial charge in [-0.3, -0.25) is 0 Å². The highest BCUT2D eigenvalue weighted by molar-refractivity contribution is 6.12. The van der Waals surface area contributed by atoms with Crippen molar-refractivity contribution in [1.82, 2.24) is 19.5 Å². The fourth-order valence-electron chi connectivity index (χ4n) is 7.87. The molecular formula is C53H31FN6. The summed E-state index contributed by atoms with van der Waals surface area (Å²) in [6, 6.07) is 64.8. The van der Waals surface area contributed by atoms with Crippen LogP contribution >= 0.6 is 0 Å². The molecule has 0 N–H and O–H groups in total. The minimum Gasteiger partial charge on any atom is -0.309 e. The quantitative estimate of drug-likeness (QED) is 0.161. The molecule has 0 amide bonds. The molecule has 0 radical (unpaired) electrons. The SMILES string of the molecule is N#Cc1cccc(-c2ccc3c4ccc(-c5cccc(C#N)c5)cc4n(-c4cc(-c5nc(-c6ccccc6)nc(-c6ccccc6)n5)ccc4-c4cccc(F)c4)c3c2)c1. The first-order valence-corrected chi connectivity index (χ1v) is 19.4. The molecule has 0 saturated carbocycles. The highest BCUT2D eigenvalue weighted by Crippen LogP contribution is 2.41. The zero-order valence-corrected chi connectivity index (χ0v) is 32.0. The highest BCUT2D eigenvalue weighted by atomic mass is 19.1. The van der Waals surface area contributed by atoms with E-state index < -0.39 is 0 Å². The Hall–Kier alpha value is -8.52. The number of hydrogen-bond donors (Lipinski definition) is 0. The highest BCUT2D eigenvalue weighted by Gasteiger charge is 2.21. The van der Waals surface area contributed by atoms with E-state index in [0.717, 1.165) is 72.0 Å². The third kappa shape index (κ3) is 6.63. The van der Waals surface area contributed by atoms with Crippen molar-refractivity contribution in [3.8, 4) is 85.4 Å². The summed E-state index contributed by atoms with van der Waals surface area (Å²) in [6.45, 7) is 0. The molecule has 0 aliphatic rings. The number of nitriles is 2. The lowest BCUT2D eigenvalue weighted by atomic mass is 9.99. The molecule has 0 spiro atoms. The summed E-state index contributed by atoms with van der Waals surface area (Å²) in [7, 11) is 0. The summed E-state index contributed by atoms with van der Waals surface area (Å²) in [4.78, 5) is 15.0. The van der Waals surface area contributed by atoms with E-state index in [0.29, 0.717) is 34.2 Å². The molecule has 280 valence electrons. The van der Waals surface area contributed by atoms with E-state index in [-0.39, 0.29) is 5.82 Å². The van der Waals surface area contributed by atoms with E-state index >= 15 is 4.39 Å². The fourth-order valence-corrected chi connectivity index (χ4v) is 7.87. The monoisotopic (exact) mass is 770 g/mol. The smallest absolute Gasteiger partial charge is 0.164 e. The van der Waals surface area contributed by atoms with Crippen molar-refractivity contribution in [3.05, 3.63) is 205 Å². The molecule has 7 heteroatoms. The van der Waals surface area contributed by atoms with Gasteiger partial charge < -0.3 is 4.57 Å². The normalized spacial score (nSPS) is 11.1. The van der Waals surface area contributed by atoms with Gasteiger partial charge in [0.1, 0.15) is 5.82 Å². The Morgan fingerprint density at radius 1 is 0.383 bits per heavy atom. The molecular weight excluding hydrogens is 740 g/mol. The van der Waals surface area contributed by atoms with Crippen molar-refractivity contribution in [2.24, 2.45) is 0 Å². The largest absolute Gasteiger partial charge is 0.309 e. The van der Waals surface area contributed by atoms with E-state index in [4.69, 9.17) is 15.0 Å². The van der Waals surface area contributed by atoms with Crippen molar-refractivity contribution >= 4 is 21.8 Å². The van der Waals surface area contributed by atoms with Gasteiger partial charge in [0.05, 0.1) is 40.0 Å². The van der Waals surface area contributed by atoms with E-state index in [1.165, 1.54) is 6.07 Å². The Kier molecular flexibility index (Phi) is 9.02.